The maximum Gasteiger partial charge on any atom is 0.337 e. The number of carboxylic acids is 1. The fraction of sp³-hybridized carbons (Fsp3) is 0.200. The monoisotopic (exact) mass is 469 g/mol. The quantitative estimate of drug-likeness (QED) is 0.288. The molecule has 168 valence electrons. The number of aromatic carboxylic acids is 1. The summed E-state index contributed by atoms with van der Waals surface area (Å²) in [6.45, 7) is 3.71. The Labute approximate surface area is 200 Å². The largest absolute Gasteiger partial charge is 0.478 e. The predicted molar refractivity (Wildman–Crippen MR) is 138 cm³/mol. The first-order valence-electron chi connectivity index (χ1n) is 10.3. The van der Waals surface area contributed by atoms with Gasteiger partial charge in [0.15, 0.2) is 0 Å². The maximum absolute atomic E-state index is 10.3. The van der Waals surface area contributed by atoms with Gasteiger partial charge < -0.3 is 20.6 Å². The van der Waals surface area contributed by atoms with Crippen molar-refractivity contribution in [2.24, 2.45) is 0 Å². The molecule has 0 radical (unpaired) electrons. The third kappa shape index (κ3) is 8.30. The van der Waals surface area contributed by atoms with Gasteiger partial charge in [-0.1, -0.05) is 78.4 Å². The van der Waals surface area contributed by atoms with Crippen LogP contribution in [0, 0.1) is 0 Å². The zero-order valence-corrected chi connectivity index (χ0v) is 19.6. The Kier molecular flexibility index (Phi) is 11.2. The molecule has 0 saturated carbocycles. The van der Waals surface area contributed by atoms with Crippen molar-refractivity contribution < 1.29 is 9.90 Å². The molecule has 7 heteroatoms. The highest BCUT2D eigenvalue weighted by Gasteiger charge is 2.06. The van der Waals surface area contributed by atoms with E-state index in [2.05, 4.69) is 64.1 Å². The number of halogens is 1. The molecule has 0 aliphatic rings. The number of hydrogen-bond donors (Lipinski definition) is 3. The first-order chi connectivity index (χ1) is 15.6. The van der Waals surface area contributed by atoms with E-state index in [0.717, 1.165) is 26.2 Å². The third-order valence-electron chi connectivity index (χ3n) is 4.68. The van der Waals surface area contributed by atoms with Crippen LogP contribution in [0.3, 0.4) is 0 Å². The Hall–Kier alpha value is -2.93. The standard InChI is InChI=1S/C18H23N3S.C7H5ClO2/c1-19-11-13-21(14-12-20-15-22)18-9-7-17(8-10-18)16-5-3-2-4-6-16;8-6-4-2-1-3-5(6)7(9)10/h2-10,15,19H,11-14H2,1H3,(H,20,22);1-4H,(H,9,10). The third-order valence-corrected chi connectivity index (χ3v) is 5.18. The molecule has 3 aromatic carbocycles. The van der Waals surface area contributed by atoms with E-state index in [9.17, 15) is 4.79 Å². The molecule has 0 saturated heterocycles. The van der Waals surface area contributed by atoms with Gasteiger partial charge in [0.2, 0.25) is 0 Å². The number of anilines is 1. The number of thiocarbonyl (C=S) groups is 1. The van der Waals surface area contributed by atoms with Gasteiger partial charge in [-0.25, -0.2) is 4.79 Å². The molecule has 0 bridgehead atoms. The number of benzene rings is 3. The molecular formula is C25H28ClN3O2S. The van der Waals surface area contributed by atoms with Crippen molar-refractivity contribution in [3.8, 4) is 11.1 Å². The molecule has 32 heavy (non-hydrogen) atoms. The fourth-order valence-electron chi connectivity index (χ4n) is 3.01. The lowest BCUT2D eigenvalue weighted by atomic mass is 10.1. The highest BCUT2D eigenvalue weighted by Crippen LogP contribution is 2.22. The normalized spacial score (nSPS) is 9.94. The average molecular weight is 470 g/mol. The average Bonchev–Trinajstić information content (AvgIpc) is 2.82. The van der Waals surface area contributed by atoms with Crippen LogP contribution in [0.1, 0.15) is 10.4 Å². The van der Waals surface area contributed by atoms with E-state index < -0.39 is 5.97 Å². The Balaban J connectivity index is 0.000000303. The summed E-state index contributed by atoms with van der Waals surface area (Å²) in [6, 6.07) is 25.5. The number of nitrogens with one attached hydrogen (secondary N) is 2. The number of nitrogens with zero attached hydrogens (tertiary/aromatic N) is 1. The van der Waals surface area contributed by atoms with E-state index in [1.54, 1.807) is 23.7 Å². The second-order valence-corrected chi connectivity index (χ2v) is 7.50. The van der Waals surface area contributed by atoms with Crippen LogP contribution in [0.5, 0.6) is 0 Å². The topological polar surface area (TPSA) is 64.6 Å². The van der Waals surface area contributed by atoms with Gasteiger partial charge in [0.25, 0.3) is 0 Å². The number of likely N-dealkylation sites (N-methyl/N-ethyl adjacent to an activating group) is 1. The van der Waals surface area contributed by atoms with Gasteiger partial charge in [-0.05, 0) is 42.4 Å². The summed E-state index contributed by atoms with van der Waals surface area (Å²) in [5.41, 5.74) is 5.45. The highest BCUT2D eigenvalue weighted by atomic mass is 35.5. The summed E-state index contributed by atoms with van der Waals surface area (Å²) in [7, 11) is 1.98. The van der Waals surface area contributed by atoms with Gasteiger partial charge >= 0.3 is 5.97 Å². The van der Waals surface area contributed by atoms with Gasteiger partial charge in [-0.15, -0.1) is 0 Å². The summed E-state index contributed by atoms with van der Waals surface area (Å²) in [5.74, 6) is -0.995. The molecule has 0 aliphatic heterocycles. The minimum absolute atomic E-state index is 0.143. The molecule has 0 atom stereocenters. The van der Waals surface area contributed by atoms with Crippen LogP contribution < -0.4 is 15.5 Å². The zero-order valence-electron chi connectivity index (χ0n) is 18.0. The van der Waals surface area contributed by atoms with E-state index in [-0.39, 0.29) is 10.6 Å². The molecule has 5 nitrogen and oxygen atoms in total. The molecule has 3 rings (SSSR count). The predicted octanol–water partition coefficient (Wildman–Crippen LogP) is 4.96. The van der Waals surface area contributed by atoms with Gasteiger partial charge in [0, 0.05) is 31.9 Å². The molecule has 3 N–H and O–H groups in total. The van der Waals surface area contributed by atoms with Crippen molar-refractivity contribution in [2.45, 2.75) is 0 Å². The number of carboxylic acid groups (broad SMARTS) is 1. The summed E-state index contributed by atoms with van der Waals surface area (Å²) in [5, 5.41) is 15.0. The molecule has 0 fully saturated rings. The number of carbonyl (C=O) groups is 1. The molecule has 0 spiro atoms. The molecule has 3 aromatic rings. The van der Waals surface area contributed by atoms with Gasteiger partial charge in [0.05, 0.1) is 16.1 Å². The van der Waals surface area contributed by atoms with Crippen molar-refractivity contribution in [3.63, 3.8) is 0 Å². The second-order valence-electron chi connectivity index (χ2n) is 6.86. The van der Waals surface area contributed by atoms with Crippen LogP contribution in [-0.4, -0.2) is 49.8 Å². The van der Waals surface area contributed by atoms with Crippen molar-refractivity contribution in [1.82, 2.24) is 10.6 Å². The van der Waals surface area contributed by atoms with Crippen LogP contribution in [0.4, 0.5) is 5.69 Å². The summed E-state index contributed by atoms with van der Waals surface area (Å²) < 4.78 is 0. The van der Waals surface area contributed by atoms with E-state index in [1.165, 1.54) is 22.9 Å². The van der Waals surface area contributed by atoms with Crippen LogP contribution in [0.25, 0.3) is 11.1 Å². The molecular weight excluding hydrogens is 442 g/mol. The van der Waals surface area contributed by atoms with Crippen molar-refractivity contribution >= 4 is 41.0 Å². The second kappa shape index (κ2) is 14.2. The van der Waals surface area contributed by atoms with E-state index in [4.69, 9.17) is 28.9 Å². The van der Waals surface area contributed by atoms with Gasteiger partial charge in [-0.3, -0.25) is 0 Å². The van der Waals surface area contributed by atoms with Gasteiger partial charge in [0.1, 0.15) is 0 Å². The van der Waals surface area contributed by atoms with E-state index in [0.29, 0.717) is 0 Å². The van der Waals surface area contributed by atoms with Crippen molar-refractivity contribution in [3.05, 3.63) is 89.4 Å². The minimum Gasteiger partial charge on any atom is -0.478 e. The van der Waals surface area contributed by atoms with Crippen LogP contribution in [-0.2, 0) is 0 Å². The lowest BCUT2D eigenvalue weighted by Crippen LogP contribution is -2.35. The number of rotatable bonds is 10. The summed E-state index contributed by atoms with van der Waals surface area (Å²) in [4.78, 5) is 12.7. The Bertz CT molecular complexity index is 968. The molecule has 0 heterocycles. The SMILES string of the molecule is CNCCN(CCNC=S)c1ccc(-c2ccccc2)cc1.O=C(O)c1ccccc1Cl. The number of hydrogen-bond acceptors (Lipinski definition) is 4. The smallest absolute Gasteiger partial charge is 0.337 e. The van der Waals surface area contributed by atoms with Crippen LogP contribution in [0.2, 0.25) is 5.02 Å². The fourth-order valence-corrected chi connectivity index (χ4v) is 3.34. The lowest BCUT2D eigenvalue weighted by molar-refractivity contribution is 0.0697. The summed E-state index contributed by atoms with van der Waals surface area (Å²) >= 11 is 10.4. The van der Waals surface area contributed by atoms with Crippen molar-refractivity contribution in [2.75, 3.05) is 38.1 Å². The zero-order chi connectivity index (χ0) is 23.2. The minimum atomic E-state index is -0.995. The van der Waals surface area contributed by atoms with E-state index in [1.807, 2.05) is 13.1 Å². The van der Waals surface area contributed by atoms with Gasteiger partial charge in [-0.2, -0.15) is 0 Å². The molecule has 0 unspecified atom stereocenters. The molecule has 0 aromatic heterocycles. The maximum atomic E-state index is 10.3. The van der Waals surface area contributed by atoms with Crippen molar-refractivity contribution in [1.29, 1.82) is 0 Å². The Morgan fingerprint density at radius 3 is 2.09 bits per heavy atom. The first-order valence-corrected chi connectivity index (χ1v) is 11.1. The first kappa shape index (κ1) is 25.3. The molecule has 0 amide bonds. The highest BCUT2D eigenvalue weighted by molar-refractivity contribution is 7.78. The Morgan fingerprint density at radius 2 is 1.53 bits per heavy atom. The molecule has 0 aliphatic carbocycles. The van der Waals surface area contributed by atoms with Crippen LogP contribution in [0.15, 0.2) is 78.9 Å². The van der Waals surface area contributed by atoms with Crippen LogP contribution >= 0.6 is 23.8 Å². The Morgan fingerprint density at radius 1 is 0.938 bits per heavy atom. The summed E-state index contributed by atoms with van der Waals surface area (Å²) in [6.07, 6.45) is 0. The lowest BCUT2D eigenvalue weighted by Gasteiger charge is -2.25. The van der Waals surface area contributed by atoms with E-state index >= 15 is 0 Å².